The smallest absolute Gasteiger partial charge is 0.226 e. The monoisotopic (exact) mass is 330 g/mol. The van der Waals surface area contributed by atoms with Crippen LogP contribution in [0.25, 0.3) is 11.2 Å². The molecule has 0 bridgehead atoms. The van der Waals surface area contributed by atoms with Crippen molar-refractivity contribution in [2.75, 3.05) is 31.2 Å². The Morgan fingerprint density at radius 1 is 1.13 bits per heavy atom. The van der Waals surface area contributed by atoms with Crippen molar-refractivity contribution in [2.45, 2.75) is 6.54 Å². The fraction of sp³-hybridized carbons (Fsp3) is 0.333. The highest BCUT2D eigenvalue weighted by Crippen LogP contribution is 2.25. The summed E-state index contributed by atoms with van der Waals surface area (Å²) >= 11 is 6.14. The second-order valence-electron chi connectivity index (χ2n) is 5.32. The van der Waals surface area contributed by atoms with E-state index in [2.05, 4.69) is 24.8 Å². The lowest BCUT2D eigenvalue weighted by Crippen LogP contribution is -2.37. The molecule has 0 spiro atoms. The Morgan fingerprint density at radius 3 is 2.70 bits per heavy atom. The standard InChI is InChI=1S/C15H15ClN6O/c16-15-19-13(21-5-7-23-8-6-21)12-14(20-15)22(10-18-12)9-11-1-3-17-4-2-11/h1-4,10H,5-9H2. The summed E-state index contributed by atoms with van der Waals surface area (Å²) in [6, 6.07) is 3.94. The fourth-order valence-electron chi connectivity index (χ4n) is 2.70. The number of fused-ring (bicyclic) bond motifs is 1. The first-order valence-electron chi connectivity index (χ1n) is 7.41. The van der Waals surface area contributed by atoms with Gasteiger partial charge in [-0.1, -0.05) is 0 Å². The van der Waals surface area contributed by atoms with Gasteiger partial charge in [0.05, 0.1) is 26.1 Å². The van der Waals surface area contributed by atoms with E-state index in [1.54, 1.807) is 18.7 Å². The predicted molar refractivity (Wildman–Crippen MR) is 86.7 cm³/mol. The third kappa shape index (κ3) is 2.85. The lowest BCUT2D eigenvalue weighted by atomic mass is 10.3. The molecule has 0 N–H and O–H groups in total. The van der Waals surface area contributed by atoms with Crippen LogP contribution in [0.4, 0.5) is 5.82 Å². The molecule has 4 heterocycles. The Bertz CT molecular complexity index is 815. The molecule has 118 valence electrons. The van der Waals surface area contributed by atoms with Crippen molar-refractivity contribution in [1.29, 1.82) is 0 Å². The number of aromatic nitrogens is 5. The van der Waals surface area contributed by atoms with E-state index >= 15 is 0 Å². The molecule has 1 aliphatic heterocycles. The van der Waals surface area contributed by atoms with Gasteiger partial charge in [-0.25, -0.2) is 4.98 Å². The second kappa shape index (κ2) is 6.10. The highest BCUT2D eigenvalue weighted by atomic mass is 35.5. The van der Waals surface area contributed by atoms with Gasteiger partial charge in [-0.05, 0) is 29.3 Å². The molecular formula is C15H15ClN6O. The SMILES string of the molecule is Clc1nc(N2CCOCC2)c2ncn(Cc3ccncc3)c2n1. The van der Waals surface area contributed by atoms with Gasteiger partial charge in [0.25, 0.3) is 0 Å². The average Bonchev–Trinajstić information content (AvgIpc) is 2.99. The summed E-state index contributed by atoms with van der Waals surface area (Å²) in [5, 5.41) is 0.232. The summed E-state index contributed by atoms with van der Waals surface area (Å²) in [5.74, 6) is 0.775. The quantitative estimate of drug-likeness (QED) is 0.682. The van der Waals surface area contributed by atoms with Gasteiger partial charge in [0, 0.05) is 25.5 Å². The number of nitrogens with zero attached hydrogens (tertiary/aromatic N) is 6. The van der Waals surface area contributed by atoms with E-state index in [1.807, 2.05) is 16.7 Å². The van der Waals surface area contributed by atoms with Crippen molar-refractivity contribution in [1.82, 2.24) is 24.5 Å². The van der Waals surface area contributed by atoms with E-state index in [1.165, 1.54) is 0 Å². The van der Waals surface area contributed by atoms with E-state index in [-0.39, 0.29) is 5.28 Å². The molecule has 0 amide bonds. The molecule has 0 aliphatic carbocycles. The Labute approximate surface area is 137 Å². The molecule has 0 saturated carbocycles. The minimum absolute atomic E-state index is 0.232. The van der Waals surface area contributed by atoms with Gasteiger partial charge in [-0.15, -0.1) is 0 Å². The molecular weight excluding hydrogens is 316 g/mol. The molecule has 3 aromatic heterocycles. The highest BCUT2D eigenvalue weighted by molar-refractivity contribution is 6.28. The van der Waals surface area contributed by atoms with Crippen molar-refractivity contribution >= 4 is 28.6 Å². The van der Waals surface area contributed by atoms with E-state index in [0.29, 0.717) is 19.8 Å². The number of hydrogen-bond donors (Lipinski definition) is 0. The topological polar surface area (TPSA) is 69.0 Å². The maximum atomic E-state index is 6.14. The summed E-state index contributed by atoms with van der Waals surface area (Å²) in [7, 11) is 0. The summed E-state index contributed by atoms with van der Waals surface area (Å²) in [6.07, 6.45) is 5.32. The molecule has 4 rings (SSSR count). The molecule has 0 radical (unpaired) electrons. The lowest BCUT2D eigenvalue weighted by Gasteiger charge is -2.27. The summed E-state index contributed by atoms with van der Waals surface area (Å²) in [6.45, 7) is 3.58. The van der Waals surface area contributed by atoms with E-state index in [4.69, 9.17) is 16.3 Å². The molecule has 3 aromatic rings. The Morgan fingerprint density at radius 2 is 1.91 bits per heavy atom. The van der Waals surface area contributed by atoms with Gasteiger partial charge in [-0.3, -0.25) is 4.98 Å². The third-order valence-electron chi connectivity index (χ3n) is 3.83. The number of morpholine rings is 1. The van der Waals surface area contributed by atoms with E-state index < -0.39 is 0 Å². The minimum atomic E-state index is 0.232. The predicted octanol–water partition coefficient (Wildman–Crippen LogP) is 1.76. The van der Waals surface area contributed by atoms with Crippen molar-refractivity contribution < 1.29 is 4.74 Å². The maximum absolute atomic E-state index is 6.14. The largest absolute Gasteiger partial charge is 0.378 e. The van der Waals surface area contributed by atoms with Gasteiger partial charge in [-0.2, -0.15) is 9.97 Å². The Kier molecular flexibility index (Phi) is 3.80. The van der Waals surface area contributed by atoms with Crippen LogP contribution in [0.2, 0.25) is 5.28 Å². The summed E-state index contributed by atoms with van der Waals surface area (Å²) < 4.78 is 7.37. The van der Waals surface area contributed by atoms with Crippen LogP contribution in [0.5, 0.6) is 0 Å². The van der Waals surface area contributed by atoms with Crippen LogP contribution >= 0.6 is 11.6 Å². The number of anilines is 1. The van der Waals surface area contributed by atoms with Crippen molar-refractivity contribution in [2.24, 2.45) is 0 Å². The molecule has 7 nitrogen and oxygen atoms in total. The zero-order chi connectivity index (χ0) is 15.6. The summed E-state index contributed by atoms with van der Waals surface area (Å²) in [5.41, 5.74) is 2.63. The number of ether oxygens (including phenoxy) is 1. The molecule has 8 heteroatoms. The number of halogens is 1. The molecule has 23 heavy (non-hydrogen) atoms. The first-order chi connectivity index (χ1) is 11.3. The zero-order valence-electron chi connectivity index (χ0n) is 12.4. The molecule has 1 aliphatic rings. The van der Waals surface area contributed by atoms with Crippen LogP contribution < -0.4 is 4.90 Å². The fourth-order valence-corrected chi connectivity index (χ4v) is 2.86. The molecule has 1 saturated heterocycles. The molecule has 0 atom stereocenters. The van der Waals surface area contributed by atoms with Crippen LogP contribution in [0.3, 0.4) is 0 Å². The summed E-state index contributed by atoms with van der Waals surface area (Å²) in [4.78, 5) is 19.4. The van der Waals surface area contributed by atoms with Gasteiger partial charge in [0.2, 0.25) is 5.28 Å². The van der Waals surface area contributed by atoms with Crippen molar-refractivity contribution in [3.63, 3.8) is 0 Å². The maximum Gasteiger partial charge on any atom is 0.226 e. The van der Waals surface area contributed by atoms with E-state index in [9.17, 15) is 0 Å². The van der Waals surface area contributed by atoms with Gasteiger partial charge in [0.1, 0.15) is 0 Å². The van der Waals surface area contributed by atoms with Crippen molar-refractivity contribution in [3.05, 3.63) is 41.7 Å². The van der Waals surface area contributed by atoms with Crippen LogP contribution in [0.1, 0.15) is 5.56 Å². The second-order valence-corrected chi connectivity index (χ2v) is 5.65. The molecule has 1 fully saturated rings. The number of hydrogen-bond acceptors (Lipinski definition) is 6. The van der Waals surface area contributed by atoms with Gasteiger partial charge < -0.3 is 14.2 Å². The Balaban J connectivity index is 1.75. The van der Waals surface area contributed by atoms with E-state index in [0.717, 1.165) is 35.6 Å². The number of pyridine rings is 1. The first kappa shape index (κ1) is 14.3. The first-order valence-corrected chi connectivity index (χ1v) is 7.79. The van der Waals surface area contributed by atoms with Crippen LogP contribution in [-0.4, -0.2) is 50.8 Å². The zero-order valence-corrected chi connectivity index (χ0v) is 13.1. The van der Waals surface area contributed by atoms with Crippen LogP contribution in [-0.2, 0) is 11.3 Å². The van der Waals surface area contributed by atoms with Crippen LogP contribution in [0, 0.1) is 0 Å². The molecule has 0 unspecified atom stereocenters. The van der Waals surface area contributed by atoms with Gasteiger partial charge >= 0.3 is 0 Å². The lowest BCUT2D eigenvalue weighted by molar-refractivity contribution is 0.122. The number of imidazole rings is 1. The highest BCUT2D eigenvalue weighted by Gasteiger charge is 2.20. The Hall–Kier alpha value is -2.25. The van der Waals surface area contributed by atoms with Crippen LogP contribution in [0.15, 0.2) is 30.9 Å². The normalized spacial score (nSPS) is 15.3. The molecule has 0 aromatic carbocycles. The third-order valence-corrected chi connectivity index (χ3v) is 4.00. The minimum Gasteiger partial charge on any atom is -0.378 e. The van der Waals surface area contributed by atoms with Gasteiger partial charge in [0.15, 0.2) is 17.0 Å². The van der Waals surface area contributed by atoms with Crippen molar-refractivity contribution in [3.8, 4) is 0 Å². The number of rotatable bonds is 3. The average molecular weight is 331 g/mol.